The summed E-state index contributed by atoms with van der Waals surface area (Å²) in [4.78, 5) is 4.55. The third-order valence-electron chi connectivity index (χ3n) is 3.70. The van der Waals surface area contributed by atoms with E-state index < -0.39 is 0 Å². The van der Waals surface area contributed by atoms with Crippen LogP contribution < -0.4 is 4.74 Å². The molecule has 0 bridgehead atoms. The van der Waals surface area contributed by atoms with Crippen LogP contribution in [0.3, 0.4) is 0 Å². The van der Waals surface area contributed by atoms with Crippen LogP contribution in [-0.2, 0) is 0 Å². The predicted octanol–water partition coefficient (Wildman–Crippen LogP) is 4.32. The van der Waals surface area contributed by atoms with Crippen molar-refractivity contribution in [3.05, 3.63) is 71.9 Å². The second-order valence-corrected chi connectivity index (χ2v) is 5.19. The number of benzene rings is 2. The largest absolute Gasteiger partial charge is 0.504 e. The fraction of sp³-hybridized carbons (Fsp3) is 0.105. The molecule has 0 radical (unpaired) electrons. The van der Waals surface area contributed by atoms with Gasteiger partial charge in [-0.15, -0.1) is 0 Å². The summed E-state index contributed by atoms with van der Waals surface area (Å²) in [7, 11) is 1.53. The molecule has 110 valence electrons. The van der Waals surface area contributed by atoms with Crippen molar-refractivity contribution >= 4 is 16.5 Å². The molecule has 3 nitrogen and oxygen atoms in total. The summed E-state index contributed by atoms with van der Waals surface area (Å²) in [5.74, 6) is 0.559. The van der Waals surface area contributed by atoms with E-state index in [4.69, 9.17) is 4.74 Å². The number of rotatable bonds is 3. The monoisotopic (exact) mass is 291 g/mol. The molecule has 0 aliphatic carbocycles. The van der Waals surface area contributed by atoms with E-state index in [0.29, 0.717) is 5.75 Å². The maximum Gasteiger partial charge on any atom is 0.160 e. The van der Waals surface area contributed by atoms with Gasteiger partial charge in [0, 0.05) is 11.1 Å². The first-order valence-corrected chi connectivity index (χ1v) is 7.03. The van der Waals surface area contributed by atoms with Crippen molar-refractivity contribution in [2.24, 2.45) is 0 Å². The van der Waals surface area contributed by atoms with E-state index in [0.717, 1.165) is 33.3 Å². The van der Waals surface area contributed by atoms with E-state index in [9.17, 15) is 5.11 Å². The lowest BCUT2D eigenvalue weighted by atomic mass is 9.95. The van der Waals surface area contributed by atoms with Crippen LogP contribution >= 0.6 is 0 Å². The Balaban J connectivity index is 2.15. The zero-order valence-corrected chi connectivity index (χ0v) is 12.6. The molecular formula is C19H17NO2. The van der Waals surface area contributed by atoms with Crippen molar-refractivity contribution in [2.75, 3.05) is 7.11 Å². The minimum Gasteiger partial charge on any atom is -0.504 e. The van der Waals surface area contributed by atoms with Crippen molar-refractivity contribution in [2.45, 2.75) is 6.92 Å². The van der Waals surface area contributed by atoms with Gasteiger partial charge >= 0.3 is 0 Å². The molecular weight excluding hydrogens is 274 g/mol. The molecule has 3 rings (SSSR count). The number of aromatic hydroxyl groups is 1. The van der Waals surface area contributed by atoms with E-state index in [2.05, 4.69) is 11.6 Å². The van der Waals surface area contributed by atoms with Gasteiger partial charge in [-0.05, 0) is 47.9 Å². The fourth-order valence-corrected chi connectivity index (χ4v) is 2.59. The zero-order valence-electron chi connectivity index (χ0n) is 12.6. The highest BCUT2D eigenvalue weighted by atomic mass is 16.5. The standard InChI is InChI=1S/C19H17NO2/c1-12-10-16(15-6-4-5-7-17(15)20-12)13(2)14-8-9-19(22-3)18(21)11-14/h4-11,21H,2H2,1,3H3. The molecule has 1 heterocycles. The Kier molecular flexibility index (Phi) is 3.55. The molecule has 0 saturated carbocycles. The number of phenolic OH excluding ortho intramolecular Hbond substituents is 1. The lowest BCUT2D eigenvalue weighted by Crippen LogP contribution is -1.93. The molecule has 3 aromatic rings. The number of aryl methyl sites for hydroxylation is 1. The van der Waals surface area contributed by atoms with Gasteiger partial charge in [0.15, 0.2) is 11.5 Å². The van der Waals surface area contributed by atoms with Gasteiger partial charge in [-0.1, -0.05) is 30.8 Å². The number of methoxy groups -OCH3 is 1. The van der Waals surface area contributed by atoms with Gasteiger partial charge in [-0.2, -0.15) is 0 Å². The Hall–Kier alpha value is -2.81. The number of nitrogens with zero attached hydrogens (tertiary/aromatic N) is 1. The van der Waals surface area contributed by atoms with E-state index in [1.807, 2.05) is 43.3 Å². The van der Waals surface area contributed by atoms with Crippen LogP contribution in [0.4, 0.5) is 0 Å². The van der Waals surface area contributed by atoms with Crippen LogP contribution in [0.1, 0.15) is 16.8 Å². The molecule has 1 aromatic heterocycles. The number of aromatic nitrogens is 1. The van der Waals surface area contributed by atoms with Crippen molar-refractivity contribution in [1.29, 1.82) is 0 Å². The number of hydrogen-bond donors (Lipinski definition) is 1. The van der Waals surface area contributed by atoms with E-state index in [-0.39, 0.29) is 5.75 Å². The number of ether oxygens (including phenoxy) is 1. The molecule has 0 fully saturated rings. The minimum atomic E-state index is 0.108. The van der Waals surface area contributed by atoms with Gasteiger partial charge < -0.3 is 9.84 Å². The summed E-state index contributed by atoms with van der Waals surface area (Å²) in [6.07, 6.45) is 0. The fourth-order valence-electron chi connectivity index (χ4n) is 2.59. The molecule has 0 atom stereocenters. The van der Waals surface area contributed by atoms with E-state index in [1.165, 1.54) is 7.11 Å². The quantitative estimate of drug-likeness (QED) is 0.781. The minimum absolute atomic E-state index is 0.108. The highest BCUT2D eigenvalue weighted by molar-refractivity contribution is 5.95. The summed E-state index contributed by atoms with van der Waals surface area (Å²) >= 11 is 0. The van der Waals surface area contributed by atoms with Crippen LogP contribution in [-0.4, -0.2) is 17.2 Å². The van der Waals surface area contributed by atoms with E-state index in [1.54, 1.807) is 12.1 Å². The molecule has 3 heteroatoms. The Labute approximate surface area is 129 Å². The summed E-state index contributed by atoms with van der Waals surface area (Å²) in [5, 5.41) is 11.0. The lowest BCUT2D eigenvalue weighted by Gasteiger charge is -2.12. The first kappa shape index (κ1) is 14.1. The Bertz CT molecular complexity index is 868. The third kappa shape index (κ3) is 2.42. The van der Waals surface area contributed by atoms with E-state index >= 15 is 0 Å². The van der Waals surface area contributed by atoms with Gasteiger partial charge in [0.1, 0.15) is 0 Å². The van der Waals surface area contributed by atoms with Crippen LogP contribution in [0.2, 0.25) is 0 Å². The second kappa shape index (κ2) is 5.53. The summed E-state index contributed by atoms with van der Waals surface area (Å²) in [6.45, 7) is 6.17. The summed E-state index contributed by atoms with van der Waals surface area (Å²) < 4.78 is 5.09. The molecule has 22 heavy (non-hydrogen) atoms. The van der Waals surface area contributed by atoms with Crippen molar-refractivity contribution in [3.63, 3.8) is 0 Å². The molecule has 0 amide bonds. The molecule has 1 N–H and O–H groups in total. The molecule has 0 unspecified atom stereocenters. The highest BCUT2D eigenvalue weighted by Gasteiger charge is 2.11. The maximum absolute atomic E-state index is 9.98. The average molecular weight is 291 g/mol. The summed E-state index contributed by atoms with van der Waals surface area (Å²) in [6, 6.07) is 15.3. The first-order chi connectivity index (χ1) is 10.6. The molecule has 0 spiro atoms. The highest BCUT2D eigenvalue weighted by Crippen LogP contribution is 2.33. The topological polar surface area (TPSA) is 42.4 Å². The normalized spacial score (nSPS) is 10.6. The lowest BCUT2D eigenvalue weighted by molar-refractivity contribution is 0.373. The zero-order chi connectivity index (χ0) is 15.7. The number of para-hydroxylation sites is 1. The maximum atomic E-state index is 9.98. The third-order valence-corrected chi connectivity index (χ3v) is 3.70. The van der Waals surface area contributed by atoms with Crippen molar-refractivity contribution in [1.82, 2.24) is 4.98 Å². The molecule has 0 saturated heterocycles. The van der Waals surface area contributed by atoms with Gasteiger partial charge in [0.2, 0.25) is 0 Å². The van der Waals surface area contributed by atoms with Crippen LogP contribution in [0.15, 0.2) is 55.1 Å². The van der Waals surface area contributed by atoms with Crippen molar-refractivity contribution < 1.29 is 9.84 Å². The number of fused-ring (bicyclic) bond motifs is 1. The Morgan fingerprint density at radius 3 is 2.64 bits per heavy atom. The first-order valence-electron chi connectivity index (χ1n) is 7.03. The van der Waals surface area contributed by atoms with Gasteiger partial charge in [-0.3, -0.25) is 4.98 Å². The van der Waals surface area contributed by atoms with Crippen LogP contribution in [0, 0.1) is 6.92 Å². The van der Waals surface area contributed by atoms with Gasteiger partial charge in [-0.25, -0.2) is 0 Å². The summed E-state index contributed by atoms with van der Waals surface area (Å²) in [5.41, 5.74) is 4.60. The van der Waals surface area contributed by atoms with Crippen molar-refractivity contribution in [3.8, 4) is 11.5 Å². The smallest absolute Gasteiger partial charge is 0.160 e. The molecule has 0 aliphatic rings. The predicted molar refractivity (Wildman–Crippen MR) is 89.3 cm³/mol. The second-order valence-electron chi connectivity index (χ2n) is 5.19. The van der Waals surface area contributed by atoms with Gasteiger partial charge in [0.05, 0.1) is 12.6 Å². The molecule has 2 aromatic carbocycles. The number of pyridine rings is 1. The average Bonchev–Trinajstić information content (AvgIpc) is 2.53. The SMILES string of the molecule is C=C(c1ccc(OC)c(O)c1)c1cc(C)nc2ccccc12. The van der Waals surface area contributed by atoms with Crippen LogP contribution in [0.25, 0.3) is 16.5 Å². The Morgan fingerprint density at radius 1 is 1.14 bits per heavy atom. The number of hydrogen-bond acceptors (Lipinski definition) is 3. The van der Waals surface area contributed by atoms with Crippen LogP contribution in [0.5, 0.6) is 11.5 Å². The van der Waals surface area contributed by atoms with Gasteiger partial charge in [0.25, 0.3) is 0 Å². The molecule has 0 aliphatic heterocycles. The number of phenols is 1. The Morgan fingerprint density at radius 2 is 1.91 bits per heavy atom.